The van der Waals surface area contributed by atoms with Crippen LogP contribution < -0.4 is 10.9 Å². The van der Waals surface area contributed by atoms with Crippen LogP contribution >= 0.6 is 0 Å². The molecule has 2 aromatic heterocycles. The number of hydrogen-bond acceptors (Lipinski definition) is 8. The van der Waals surface area contributed by atoms with Crippen LogP contribution in [0.25, 0.3) is 11.2 Å². The number of aliphatic hydroxyl groups is 1. The number of carboxylic acids is 1. The number of aliphatic carboxylic acids is 1. The second-order valence-electron chi connectivity index (χ2n) is 6.36. The molecule has 4 N–H and O–H groups in total. The Hall–Kier alpha value is -2.83. The molecular formula is C15H19N5O7. The van der Waals surface area contributed by atoms with E-state index in [-0.39, 0.29) is 28.9 Å². The predicted octanol–water partition coefficient (Wildman–Crippen LogP) is -0.928. The number of carbonyl (C=O) groups is 2. The van der Waals surface area contributed by atoms with Crippen molar-refractivity contribution in [3.63, 3.8) is 0 Å². The second-order valence-corrected chi connectivity index (χ2v) is 6.36. The van der Waals surface area contributed by atoms with Gasteiger partial charge in [-0.25, -0.2) is 9.78 Å². The number of methoxy groups -OCH3 is 1. The molecule has 27 heavy (non-hydrogen) atoms. The molecule has 146 valence electrons. The standard InChI is InChI=1S/C15H19N5O7/c1-5(2)11(22)18-15-17-10-6(12(23)19-15)16-4-20(10)13-8(26-3)7(21)9(27-13)14(24)25/h4-5,7-9,13,21H,1-3H3,(H,24,25)(H2,17,18,19,22,23)/t7?,8-,9-,13+/m0/s1. The van der Waals surface area contributed by atoms with Crippen molar-refractivity contribution in [3.05, 3.63) is 16.7 Å². The maximum Gasteiger partial charge on any atom is 0.335 e. The van der Waals surface area contributed by atoms with Crippen LogP contribution in [0.15, 0.2) is 11.1 Å². The van der Waals surface area contributed by atoms with Crippen molar-refractivity contribution in [3.8, 4) is 0 Å². The minimum absolute atomic E-state index is 0.0377. The Morgan fingerprint density at radius 3 is 2.74 bits per heavy atom. The van der Waals surface area contributed by atoms with E-state index < -0.39 is 36.1 Å². The highest BCUT2D eigenvalue weighted by atomic mass is 16.6. The van der Waals surface area contributed by atoms with E-state index >= 15 is 0 Å². The first kappa shape index (κ1) is 18.9. The molecule has 0 aromatic carbocycles. The zero-order valence-electron chi connectivity index (χ0n) is 14.7. The number of amides is 1. The average Bonchev–Trinajstić information content (AvgIpc) is 3.15. The molecule has 1 aliphatic rings. The number of nitrogens with zero attached hydrogens (tertiary/aromatic N) is 3. The molecule has 3 heterocycles. The van der Waals surface area contributed by atoms with Gasteiger partial charge in [-0.1, -0.05) is 13.8 Å². The molecule has 4 atom stereocenters. The molecule has 0 spiro atoms. The first-order valence-electron chi connectivity index (χ1n) is 8.11. The van der Waals surface area contributed by atoms with Gasteiger partial charge in [0.15, 0.2) is 23.5 Å². The maximum absolute atomic E-state index is 12.2. The number of aliphatic hydroxyl groups excluding tert-OH is 1. The summed E-state index contributed by atoms with van der Waals surface area (Å²) < 4.78 is 11.9. The number of H-pyrrole nitrogens is 1. The van der Waals surface area contributed by atoms with Crippen LogP contribution in [-0.4, -0.2) is 67.0 Å². The highest BCUT2D eigenvalue weighted by Gasteiger charge is 2.49. The molecule has 0 aliphatic carbocycles. The molecule has 1 saturated heterocycles. The van der Waals surface area contributed by atoms with Crippen molar-refractivity contribution in [2.75, 3.05) is 12.4 Å². The number of hydrogen-bond donors (Lipinski definition) is 4. The molecule has 12 heteroatoms. The van der Waals surface area contributed by atoms with Gasteiger partial charge < -0.3 is 19.7 Å². The normalized spacial score (nSPS) is 25.2. The Kier molecular flexibility index (Phi) is 4.95. The first-order valence-corrected chi connectivity index (χ1v) is 8.11. The number of aromatic amines is 1. The number of imidazole rings is 1. The average molecular weight is 381 g/mol. The molecule has 2 aromatic rings. The highest BCUT2D eigenvalue weighted by Crippen LogP contribution is 2.33. The van der Waals surface area contributed by atoms with Gasteiger partial charge in [0.05, 0.1) is 6.33 Å². The predicted molar refractivity (Wildman–Crippen MR) is 90.0 cm³/mol. The zero-order chi connectivity index (χ0) is 19.9. The lowest BCUT2D eigenvalue weighted by Gasteiger charge is -2.19. The van der Waals surface area contributed by atoms with E-state index in [1.807, 2.05) is 0 Å². The topological polar surface area (TPSA) is 169 Å². The summed E-state index contributed by atoms with van der Waals surface area (Å²) in [4.78, 5) is 45.9. The van der Waals surface area contributed by atoms with Crippen molar-refractivity contribution < 1.29 is 29.3 Å². The lowest BCUT2D eigenvalue weighted by atomic mass is 10.1. The van der Waals surface area contributed by atoms with Crippen molar-refractivity contribution in [1.82, 2.24) is 19.5 Å². The Balaban J connectivity index is 2.04. The fraction of sp³-hybridized carbons (Fsp3) is 0.533. The fourth-order valence-corrected chi connectivity index (χ4v) is 2.77. The third kappa shape index (κ3) is 3.29. The third-order valence-corrected chi connectivity index (χ3v) is 4.20. The molecule has 12 nitrogen and oxygen atoms in total. The third-order valence-electron chi connectivity index (χ3n) is 4.20. The summed E-state index contributed by atoms with van der Waals surface area (Å²) in [7, 11) is 1.29. The Morgan fingerprint density at radius 2 is 2.15 bits per heavy atom. The van der Waals surface area contributed by atoms with Gasteiger partial charge >= 0.3 is 5.97 Å². The largest absolute Gasteiger partial charge is 0.479 e. The molecule has 1 aliphatic heterocycles. The van der Waals surface area contributed by atoms with E-state index in [1.54, 1.807) is 13.8 Å². The highest BCUT2D eigenvalue weighted by molar-refractivity contribution is 5.91. The van der Waals surface area contributed by atoms with Gasteiger partial charge in [0.2, 0.25) is 11.9 Å². The summed E-state index contributed by atoms with van der Waals surface area (Å²) >= 11 is 0. The van der Waals surface area contributed by atoms with Gasteiger partial charge in [0, 0.05) is 13.0 Å². The van der Waals surface area contributed by atoms with Gasteiger partial charge in [-0.05, 0) is 0 Å². The number of rotatable bonds is 5. The smallest absolute Gasteiger partial charge is 0.335 e. The van der Waals surface area contributed by atoms with E-state index in [2.05, 4.69) is 20.3 Å². The van der Waals surface area contributed by atoms with E-state index in [0.29, 0.717) is 0 Å². The van der Waals surface area contributed by atoms with Crippen LogP contribution in [0.5, 0.6) is 0 Å². The van der Waals surface area contributed by atoms with Gasteiger partial charge in [-0.2, -0.15) is 4.98 Å². The molecule has 1 unspecified atom stereocenters. The van der Waals surface area contributed by atoms with Crippen LogP contribution in [0.2, 0.25) is 0 Å². The number of carbonyl (C=O) groups excluding carboxylic acids is 1. The summed E-state index contributed by atoms with van der Waals surface area (Å²) in [5, 5.41) is 21.8. The van der Waals surface area contributed by atoms with E-state index in [9.17, 15) is 24.6 Å². The molecule has 1 amide bonds. The van der Waals surface area contributed by atoms with Crippen LogP contribution in [0, 0.1) is 5.92 Å². The summed E-state index contributed by atoms with van der Waals surface area (Å²) in [6.45, 7) is 3.36. The van der Waals surface area contributed by atoms with E-state index in [0.717, 1.165) is 0 Å². The number of anilines is 1. The number of carboxylic acid groups (broad SMARTS) is 1. The molecular weight excluding hydrogens is 362 g/mol. The Bertz CT molecular complexity index is 936. The molecule has 1 fully saturated rings. The van der Waals surface area contributed by atoms with Crippen LogP contribution in [0.4, 0.5) is 5.95 Å². The number of ether oxygens (including phenoxy) is 2. The van der Waals surface area contributed by atoms with Crippen molar-refractivity contribution >= 4 is 29.0 Å². The summed E-state index contributed by atoms with van der Waals surface area (Å²) in [5.41, 5.74) is -0.590. The van der Waals surface area contributed by atoms with Crippen LogP contribution in [-0.2, 0) is 19.1 Å². The Morgan fingerprint density at radius 1 is 1.44 bits per heavy atom. The lowest BCUT2D eigenvalue weighted by Crippen LogP contribution is -2.37. The van der Waals surface area contributed by atoms with Crippen molar-refractivity contribution in [1.29, 1.82) is 0 Å². The maximum atomic E-state index is 12.2. The fourth-order valence-electron chi connectivity index (χ4n) is 2.77. The summed E-state index contributed by atoms with van der Waals surface area (Å²) in [6.07, 6.45) is -3.83. The van der Waals surface area contributed by atoms with Gasteiger partial charge in [0.1, 0.15) is 12.2 Å². The quantitative estimate of drug-likeness (QED) is 0.511. The van der Waals surface area contributed by atoms with Crippen molar-refractivity contribution in [2.24, 2.45) is 5.92 Å². The number of fused-ring (bicyclic) bond motifs is 1. The van der Waals surface area contributed by atoms with Crippen LogP contribution in [0.3, 0.4) is 0 Å². The first-order chi connectivity index (χ1) is 12.7. The summed E-state index contributed by atoms with van der Waals surface area (Å²) in [6, 6.07) is 0. The Labute approximate surface area is 152 Å². The molecule has 3 rings (SSSR count). The minimum Gasteiger partial charge on any atom is -0.479 e. The van der Waals surface area contributed by atoms with Crippen molar-refractivity contribution in [2.45, 2.75) is 38.4 Å². The monoisotopic (exact) mass is 381 g/mol. The van der Waals surface area contributed by atoms with Gasteiger partial charge in [0.25, 0.3) is 5.56 Å². The number of aromatic nitrogens is 4. The van der Waals surface area contributed by atoms with Gasteiger partial charge in [-0.3, -0.25) is 24.5 Å². The molecule has 0 bridgehead atoms. The van der Waals surface area contributed by atoms with Gasteiger partial charge in [-0.15, -0.1) is 0 Å². The second kappa shape index (κ2) is 7.06. The van der Waals surface area contributed by atoms with E-state index in [4.69, 9.17) is 9.47 Å². The van der Waals surface area contributed by atoms with Crippen LogP contribution in [0.1, 0.15) is 20.1 Å². The minimum atomic E-state index is -1.51. The lowest BCUT2D eigenvalue weighted by molar-refractivity contribution is -0.155. The van der Waals surface area contributed by atoms with E-state index in [1.165, 1.54) is 18.0 Å². The number of nitrogens with one attached hydrogen (secondary N) is 2. The molecule has 0 saturated carbocycles. The zero-order valence-corrected chi connectivity index (χ0v) is 14.7. The molecule has 0 radical (unpaired) electrons. The summed E-state index contributed by atoms with van der Waals surface area (Å²) in [5.74, 6) is -2.13. The SMILES string of the molecule is CO[C@H]1C(O)[C@@H](C(=O)O)O[C@H]1n1cnc2c(=O)[nH]c(NC(=O)C(C)C)nc21.